The average Bonchev–Trinajstić information content (AvgIpc) is 3.11. The van der Waals surface area contributed by atoms with Crippen molar-refractivity contribution in [1.29, 1.82) is 0 Å². The van der Waals surface area contributed by atoms with Crippen LogP contribution in [0.15, 0.2) is 36.5 Å². The maximum atomic E-state index is 14.4. The zero-order valence-corrected chi connectivity index (χ0v) is 14.8. The molecule has 8 heteroatoms. The van der Waals surface area contributed by atoms with Crippen LogP contribution in [0, 0.1) is 11.7 Å². The lowest BCUT2D eigenvalue weighted by Crippen LogP contribution is -2.30. The van der Waals surface area contributed by atoms with Crippen LogP contribution in [-0.2, 0) is 0 Å². The third-order valence-corrected chi connectivity index (χ3v) is 4.84. The summed E-state index contributed by atoms with van der Waals surface area (Å²) in [6, 6.07) is 8.26. The van der Waals surface area contributed by atoms with Gasteiger partial charge in [-0.15, -0.1) is 5.10 Å². The molecule has 1 amide bonds. The van der Waals surface area contributed by atoms with Gasteiger partial charge >= 0.3 is 0 Å². The zero-order chi connectivity index (χ0) is 18.6. The Morgan fingerprint density at radius 3 is 2.89 bits per heavy atom. The molecule has 2 aromatic heterocycles. The molecule has 0 spiro atoms. The molecule has 0 aliphatic heterocycles. The highest BCUT2D eigenvalue weighted by Gasteiger charge is 2.17. The lowest BCUT2D eigenvalue weighted by molar-refractivity contribution is 0.0942. The van der Waals surface area contributed by atoms with Gasteiger partial charge in [0.05, 0.1) is 5.56 Å². The van der Waals surface area contributed by atoms with E-state index in [1.54, 1.807) is 18.2 Å². The van der Waals surface area contributed by atoms with Crippen molar-refractivity contribution in [3.63, 3.8) is 0 Å². The minimum absolute atomic E-state index is 0.166. The maximum absolute atomic E-state index is 14.4. The molecule has 0 saturated heterocycles. The van der Waals surface area contributed by atoms with Gasteiger partial charge in [0.2, 0.25) is 0 Å². The third-order valence-electron chi connectivity index (χ3n) is 4.84. The number of nitrogens with one attached hydrogen (secondary N) is 1. The van der Waals surface area contributed by atoms with Gasteiger partial charge in [0, 0.05) is 12.7 Å². The number of pyridine rings is 1. The monoisotopic (exact) mass is 369 g/mol. The summed E-state index contributed by atoms with van der Waals surface area (Å²) in [5, 5.41) is 10.6. The molecule has 7 nitrogen and oxygen atoms in total. The van der Waals surface area contributed by atoms with Crippen molar-refractivity contribution in [3.05, 3.63) is 47.9 Å². The van der Waals surface area contributed by atoms with Crippen LogP contribution in [0.3, 0.4) is 0 Å². The molecule has 1 aromatic carbocycles. The Bertz CT molecular complexity index is 952. The maximum Gasteiger partial charge on any atom is 0.284 e. The summed E-state index contributed by atoms with van der Waals surface area (Å²) in [5.41, 5.74) is 1.38. The number of nitrogens with zero attached hydrogens (tertiary/aromatic N) is 4. The van der Waals surface area contributed by atoms with Crippen LogP contribution < -0.4 is 10.2 Å². The van der Waals surface area contributed by atoms with E-state index in [0.29, 0.717) is 23.5 Å². The van der Waals surface area contributed by atoms with E-state index in [1.165, 1.54) is 25.5 Å². The summed E-state index contributed by atoms with van der Waals surface area (Å²) in [5.74, 6) is -0.831. The molecule has 3 aromatic rings. The summed E-state index contributed by atoms with van der Waals surface area (Å²) >= 11 is 0. The molecule has 0 bridgehead atoms. The normalized spacial score (nSPS) is 15.0. The van der Waals surface area contributed by atoms with Crippen LogP contribution in [-0.4, -0.2) is 32.6 Å². The Labute approximate surface area is 155 Å². The van der Waals surface area contributed by atoms with Crippen LogP contribution >= 0.6 is 0 Å². The van der Waals surface area contributed by atoms with Gasteiger partial charge in [-0.3, -0.25) is 4.79 Å². The number of fused-ring (bicyclic) bond motifs is 1. The Hall–Kier alpha value is -3.03. The molecule has 4 rings (SSSR count). The van der Waals surface area contributed by atoms with Crippen molar-refractivity contribution in [3.8, 4) is 5.88 Å². The standard InChI is InChI=1S/C19H20FN5O2/c20-15-10-14(18(26)21-11-13-6-2-1-3-7-13)12-22-19(15)27-25-17-9-5-4-8-16(17)23-24-25/h4-5,8-10,12-13H,1-3,6-7,11H2,(H,21,26). The first kappa shape index (κ1) is 17.4. The van der Waals surface area contributed by atoms with E-state index in [2.05, 4.69) is 20.6 Å². The number of rotatable bonds is 5. The predicted octanol–water partition coefficient (Wildman–Crippen LogP) is 3.12. The van der Waals surface area contributed by atoms with Crippen LogP contribution in [0.4, 0.5) is 4.39 Å². The number of benzene rings is 1. The Kier molecular flexibility index (Phi) is 4.95. The SMILES string of the molecule is O=C(NCC1CCCCC1)c1cnc(On2nnc3ccccc32)c(F)c1. The van der Waals surface area contributed by atoms with E-state index in [4.69, 9.17) is 4.84 Å². The zero-order valence-electron chi connectivity index (χ0n) is 14.8. The number of para-hydroxylation sites is 1. The quantitative estimate of drug-likeness (QED) is 0.747. The number of hydrogen-bond acceptors (Lipinski definition) is 5. The lowest BCUT2D eigenvalue weighted by Gasteiger charge is -2.21. The molecule has 1 aliphatic carbocycles. The highest BCUT2D eigenvalue weighted by atomic mass is 19.1. The minimum atomic E-state index is -0.736. The smallest absolute Gasteiger partial charge is 0.284 e. The second-order valence-corrected chi connectivity index (χ2v) is 6.77. The molecule has 0 unspecified atom stereocenters. The van der Waals surface area contributed by atoms with Crippen molar-refractivity contribution in [2.45, 2.75) is 32.1 Å². The highest BCUT2D eigenvalue weighted by Crippen LogP contribution is 2.23. The summed E-state index contributed by atoms with van der Waals surface area (Å²) in [7, 11) is 0. The number of halogens is 1. The molecule has 0 radical (unpaired) electrons. The molecule has 1 saturated carbocycles. The predicted molar refractivity (Wildman–Crippen MR) is 96.7 cm³/mol. The summed E-state index contributed by atoms with van der Waals surface area (Å²) in [6.07, 6.45) is 7.24. The van der Waals surface area contributed by atoms with Gasteiger partial charge in [0.15, 0.2) is 5.82 Å². The second kappa shape index (κ2) is 7.69. The van der Waals surface area contributed by atoms with E-state index in [0.717, 1.165) is 23.8 Å². The molecular weight excluding hydrogens is 349 g/mol. The number of aromatic nitrogens is 4. The fourth-order valence-electron chi connectivity index (χ4n) is 3.34. The topological polar surface area (TPSA) is 81.9 Å². The highest BCUT2D eigenvalue weighted by molar-refractivity contribution is 5.93. The summed E-state index contributed by atoms with van der Waals surface area (Å²) < 4.78 is 14.4. The number of hydrogen-bond donors (Lipinski definition) is 1. The molecule has 1 N–H and O–H groups in total. The average molecular weight is 369 g/mol. The van der Waals surface area contributed by atoms with E-state index in [1.807, 2.05) is 6.07 Å². The largest absolute Gasteiger partial charge is 0.352 e. The first-order valence-electron chi connectivity index (χ1n) is 9.13. The van der Waals surface area contributed by atoms with E-state index < -0.39 is 5.82 Å². The molecule has 0 atom stereocenters. The number of carbonyl (C=O) groups excluding carboxylic acids is 1. The number of amides is 1. The molecule has 1 aliphatic rings. The van der Waals surface area contributed by atoms with Crippen LogP contribution in [0.5, 0.6) is 5.88 Å². The van der Waals surface area contributed by atoms with Gasteiger partial charge in [0.1, 0.15) is 11.0 Å². The van der Waals surface area contributed by atoms with Crippen molar-refractivity contribution in [2.24, 2.45) is 5.92 Å². The Balaban J connectivity index is 1.43. The molecule has 1 fully saturated rings. The van der Waals surface area contributed by atoms with Gasteiger partial charge in [-0.2, -0.15) is 0 Å². The summed E-state index contributed by atoms with van der Waals surface area (Å²) in [6.45, 7) is 0.615. The first-order valence-corrected chi connectivity index (χ1v) is 9.13. The van der Waals surface area contributed by atoms with Crippen molar-refractivity contribution in [1.82, 2.24) is 25.5 Å². The van der Waals surface area contributed by atoms with E-state index in [9.17, 15) is 9.18 Å². The molecule has 140 valence electrons. The fourth-order valence-corrected chi connectivity index (χ4v) is 3.34. The number of carbonyl (C=O) groups is 1. The van der Waals surface area contributed by atoms with Gasteiger partial charge in [0.25, 0.3) is 11.8 Å². The molecular formula is C19H20FN5O2. The van der Waals surface area contributed by atoms with E-state index >= 15 is 0 Å². The second-order valence-electron chi connectivity index (χ2n) is 6.77. The van der Waals surface area contributed by atoms with Crippen molar-refractivity contribution < 1.29 is 14.0 Å². The van der Waals surface area contributed by atoms with Crippen LogP contribution in [0.1, 0.15) is 42.5 Å². The minimum Gasteiger partial charge on any atom is -0.352 e. The van der Waals surface area contributed by atoms with Crippen LogP contribution in [0.2, 0.25) is 0 Å². The lowest BCUT2D eigenvalue weighted by atomic mass is 9.89. The van der Waals surface area contributed by atoms with Gasteiger partial charge < -0.3 is 10.2 Å². The van der Waals surface area contributed by atoms with Crippen molar-refractivity contribution in [2.75, 3.05) is 6.54 Å². The molecule has 27 heavy (non-hydrogen) atoms. The summed E-state index contributed by atoms with van der Waals surface area (Å²) in [4.78, 5) is 22.7. The first-order chi connectivity index (χ1) is 13.2. The van der Waals surface area contributed by atoms with Crippen LogP contribution in [0.25, 0.3) is 11.0 Å². The van der Waals surface area contributed by atoms with Gasteiger partial charge in [-0.05, 0) is 42.2 Å². The third kappa shape index (κ3) is 3.89. The Morgan fingerprint density at radius 2 is 2.07 bits per heavy atom. The van der Waals surface area contributed by atoms with E-state index in [-0.39, 0.29) is 17.4 Å². The van der Waals surface area contributed by atoms with Gasteiger partial charge in [-0.25, -0.2) is 9.37 Å². The molecule has 2 heterocycles. The fraction of sp³-hybridized carbons (Fsp3) is 0.368. The van der Waals surface area contributed by atoms with Gasteiger partial charge in [-0.1, -0.05) is 36.2 Å². The van der Waals surface area contributed by atoms with Crippen molar-refractivity contribution >= 4 is 16.9 Å². The Morgan fingerprint density at radius 1 is 1.26 bits per heavy atom.